The molecule has 0 aliphatic carbocycles. The molecule has 0 aliphatic heterocycles. The fourth-order valence-corrected chi connectivity index (χ4v) is 1.90. The van der Waals surface area contributed by atoms with E-state index in [9.17, 15) is 4.39 Å². The molecule has 0 saturated heterocycles. The highest BCUT2D eigenvalue weighted by atomic mass is 79.9. The zero-order chi connectivity index (χ0) is 13.0. The molecule has 90 valence electrons. The summed E-state index contributed by atoms with van der Waals surface area (Å²) in [6, 6.07) is 14.2. The van der Waals surface area contributed by atoms with Crippen LogP contribution in [0.5, 0.6) is 5.75 Å². The maximum absolute atomic E-state index is 13.9. The Morgan fingerprint density at radius 1 is 1.17 bits per heavy atom. The molecule has 0 bridgehead atoms. The largest absolute Gasteiger partial charge is 0.485 e. The number of ether oxygens (including phenoxy) is 1. The highest BCUT2D eigenvalue weighted by Crippen LogP contribution is 2.30. The Morgan fingerprint density at radius 2 is 1.89 bits per heavy atom. The van der Waals surface area contributed by atoms with E-state index in [1.807, 2.05) is 30.3 Å². The molecule has 0 fully saturated rings. The number of rotatable bonds is 3. The van der Waals surface area contributed by atoms with Gasteiger partial charge < -0.3 is 4.74 Å². The molecule has 0 amide bonds. The molecular formula is C14H9BrFNO. The first-order valence-electron chi connectivity index (χ1n) is 5.27. The van der Waals surface area contributed by atoms with Gasteiger partial charge in [0.15, 0.2) is 11.6 Å². The van der Waals surface area contributed by atoms with Crippen molar-refractivity contribution in [1.82, 2.24) is 0 Å². The van der Waals surface area contributed by atoms with Gasteiger partial charge in [0, 0.05) is 0 Å². The van der Waals surface area contributed by atoms with Gasteiger partial charge in [-0.25, -0.2) is 4.39 Å². The van der Waals surface area contributed by atoms with Crippen LogP contribution in [-0.4, -0.2) is 0 Å². The van der Waals surface area contributed by atoms with E-state index < -0.39 is 5.82 Å². The van der Waals surface area contributed by atoms with Crippen LogP contribution in [0.25, 0.3) is 0 Å². The second kappa shape index (κ2) is 5.65. The summed E-state index contributed by atoms with van der Waals surface area (Å²) < 4.78 is 19.8. The van der Waals surface area contributed by atoms with Gasteiger partial charge in [0.25, 0.3) is 0 Å². The van der Waals surface area contributed by atoms with Crippen molar-refractivity contribution in [3.05, 3.63) is 63.9 Å². The minimum absolute atomic E-state index is 0.0266. The average molecular weight is 306 g/mol. The maximum atomic E-state index is 13.9. The molecule has 0 spiro atoms. The third-order valence-corrected chi connectivity index (χ3v) is 3.02. The predicted octanol–water partition coefficient (Wildman–Crippen LogP) is 4.04. The number of nitriles is 1. The second-order valence-electron chi connectivity index (χ2n) is 3.62. The van der Waals surface area contributed by atoms with Gasteiger partial charge in [-0.15, -0.1) is 0 Å². The molecule has 2 aromatic rings. The lowest BCUT2D eigenvalue weighted by atomic mass is 10.2. The van der Waals surface area contributed by atoms with Crippen LogP contribution < -0.4 is 4.74 Å². The summed E-state index contributed by atoms with van der Waals surface area (Å²) in [5.41, 5.74) is 0.910. The van der Waals surface area contributed by atoms with Crippen LogP contribution in [0.1, 0.15) is 11.1 Å². The van der Waals surface area contributed by atoms with Crippen LogP contribution in [0, 0.1) is 17.1 Å². The molecule has 2 rings (SSSR count). The maximum Gasteiger partial charge on any atom is 0.183 e. The number of halogens is 2. The van der Waals surface area contributed by atoms with E-state index in [2.05, 4.69) is 15.9 Å². The Kier molecular flexibility index (Phi) is 3.96. The molecule has 0 aromatic heterocycles. The first-order valence-corrected chi connectivity index (χ1v) is 6.06. The molecule has 2 aromatic carbocycles. The SMILES string of the molecule is N#Cc1ccc(Br)c(OCc2ccccc2)c1F. The second-order valence-corrected chi connectivity index (χ2v) is 4.48. The van der Waals surface area contributed by atoms with E-state index in [4.69, 9.17) is 10.00 Å². The number of benzene rings is 2. The van der Waals surface area contributed by atoms with Crippen molar-refractivity contribution in [1.29, 1.82) is 5.26 Å². The number of hydrogen-bond donors (Lipinski definition) is 0. The van der Waals surface area contributed by atoms with Crippen LogP contribution in [-0.2, 0) is 6.61 Å². The summed E-state index contributed by atoms with van der Waals surface area (Å²) in [6.07, 6.45) is 0. The molecule has 0 saturated carbocycles. The molecule has 4 heteroatoms. The standard InChI is InChI=1S/C14H9BrFNO/c15-12-7-6-11(8-17)13(16)14(12)18-9-10-4-2-1-3-5-10/h1-7H,9H2. The van der Waals surface area contributed by atoms with E-state index in [-0.39, 0.29) is 17.9 Å². The molecule has 0 heterocycles. The van der Waals surface area contributed by atoms with Crippen molar-refractivity contribution in [2.75, 3.05) is 0 Å². The summed E-state index contributed by atoms with van der Waals surface area (Å²) in [6.45, 7) is 0.255. The summed E-state index contributed by atoms with van der Waals surface area (Å²) in [5.74, 6) is -0.569. The van der Waals surface area contributed by atoms with Crippen molar-refractivity contribution in [2.45, 2.75) is 6.61 Å². The van der Waals surface area contributed by atoms with Gasteiger partial charge in [-0.3, -0.25) is 0 Å². The predicted molar refractivity (Wildman–Crippen MR) is 69.6 cm³/mol. The summed E-state index contributed by atoms with van der Waals surface area (Å²) >= 11 is 3.21. The average Bonchev–Trinajstić information content (AvgIpc) is 2.40. The van der Waals surface area contributed by atoms with E-state index >= 15 is 0 Å². The van der Waals surface area contributed by atoms with Crippen molar-refractivity contribution in [2.24, 2.45) is 0 Å². The zero-order valence-electron chi connectivity index (χ0n) is 9.36. The lowest BCUT2D eigenvalue weighted by molar-refractivity contribution is 0.288. The van der Waals surface area contributed by atoms with Gasteiger partial charge in [-0.2, -0.15) is 5.26 Å². The van der Waals surface area contributed by atoms with E-state index in [1.165, 1.54) is 6.07 Å². The molecule has 0 atom stereocenters. The van der Waals surface area contributed by atoms with E-state index in [0.29, 0.717) is 4.47 Å². The van der Waals surface area contributed by atoms with Gasteiger partial charge >= 0.3 is 0 Å². The van der Waals surface area contributed by atoms with Gasteiger partial charge in [0.1, 0.15) is 12.7 Å². The fourth-order valence-electron chi connectivity index (χ4n) is 1.48. The lowest BCUT2D eigenvalue weighted by Crippen LogP contribution is -1.99. The first kappa shape index (κ1) is 12.6. The Balaban J connectivity index is 2.22. The van der Waals surface area contributed by atoms with Gasteiger partial charge in [-0.1, -0.05) is 30.3 Å². The Hall–Kier alpha value is -1.86. The van der Waals surface area contributed by atoms with Gasteiger partial charge in [-0.05, 0) is 33.6 Å². The first-order chi connectivity index (χ1) is 8.72. The molecule has 18 heavy (non-hydrogen) atoms. The van der Waals surface area contributed by atoms with Gasteiger partial charge in [0.05, 0.1) is 10.0 Å². The molecular weight excluding hydrogens is 297 g/mol. The number of nitrogens with zero attached hydrogens (tertiary/aromatic N) is 1. The van der Waals surface area contributed by atoms with Crippen molar-refractivity contribution < 1.29 is 9.13 Å². The molecule has 0 N–H and O–H groups in total. The quantitative estimate of drug-likeness (QED) is 0.857. The van der Waals surface area contributed by atoms with Crippen LogP contribution in [0.2, 0.25) is 0 Å². The van der Waals surface area contributed by atoms with Crippen LogP contribution in [0.15, 0.2) is 46.9 Å². The monoisotopic (exact) mass is 305 g/mol. The molecule has 0 unspecified atom stereocenters. The smallest absolute Gasteiger partial charge is 0.183 e. The molecule has 0 radical (unpaired) electrons. The Labute approximate surface area is 113 Å². The number of hydrogen-bond acceptors (Lipinski definition) is 2. The minimum Gasteiger partial charge on any atom is -0.485 e. The van der Waals surface area contributed by atoms with Crippen molar-refractivity contribution in [3.63, 3.8) is 0 Å². The normalized spacial score (nSPS) is 9.83. The van der Waals surface area contributed by atoms with Crippen LogP contribution in [0.3, 0.4) is 0 Å². The van der Waals surface area contributed by atoms with Gasteiger partial charge in [0.2, 0.25) is 0 Å². The highest BCUT2D eigenvalue weighted by Gasteiger charge is 2.13. The third-order valence-electron chi connectivity index (χ3n) is 2.40. The summed E-state index contributed by atoms with van der Waals surface area (Å²) in [7, 11) is 0. The fraction of sp³-hybridized carbons (Fsp3) is 0.0714. The topological polar surface area (TPSA) is 33.0 Å². The summed E-state index contributed by atoms with van der Waals surface area (Å²) in [4.78, 5) is 0. The Morgan fingerprint density at radius 3 is 2.56 bits per heavy atom. The van der Waals surface area contributed by atoms with E-state index in [1.54, 1.807) is 12.1 Å². The highest BCUT2D eigenvalue weighted by molar-refractivity contribution is 9.10. The van der Waals surface area contributed by atoms with Crippen molar-refractivity contribution >= 4 is 15.9 Å². The summed E-state index contributed by atoms with van der Waals surface area (Å²) in [5, 5.41) is 8.76. The zero-order valence-corrected chi connectivity index (χ0v) is 10.9. The lowest BCUT2D eigenvalue weighted by Gasteiger charge is -2.09. The Bertz CT molecular complexity index is 593. The molecule has 0 aliphatic rings. The molecule has 2 nitrogen and oxygen atoms in total. The van der Waals surface area contributed by atoms with E-state index in [0.717, 1.165) is 5.56 Å². The third kappa shape index (κ3) is 2.69. The van der Waals surface area contributed by atoms with Crippen LogP contribution in [0.4, 0.5) is 4.39 Å². The minimum atomic E-state index is -0.636. The van der Waals surface area contributed by atoms with Crippen LogP contribution >= 0.6 is 15.9 Å². The van der Waals surface area contributed by atoms with Crippen molar-refractivity contribution in [3.8, 4) is 11.8 Å².